The number of carbonyl (C=O) groups excluding carboxylic acids is 1. The summed E-state index contributed by atoms with van der Waals surface area (Å²) in [5, 5.41) is 8.99. The molecule has 4 fully saturated rings. The first kappa shape index (κ1) is 13.1. The lowest BCUT2D eigenvalue weighted by Crippen LogP contribution is -2.61. The second-order valence-electron chi connectivity index (χ2n) is 6.52. The smallest absolute Gasteiger partial charge is 0.330 e. The number of hydrogen-bond donors (Lipinski definition) is 1. The summed E-state index contributed by atoms with van der Waals surface area (Å²) in [5.74, 6) is 0.870. The predicted octanol–water partition coefficient (Wildman–Crippen LogP) is 1.82. The molecule has 0 radical (unpaired) electrons. The van der Waals surface area contributed by atoms with E-state index in [9.17, 15) is 4.79 Å². The van der Waals surface area contributed by atoms with Crippen LogP contribution < -0.4 is 0 Å². The van der Waals surface area contributed by atoms with E-state index in [-0.39, 0.29) is 23.8 Å². The highest BCUT2D eigenvalue weighted by atomic mass is 16.6. The molecule has 2 unspecified atom stereocenters. The molecule has 4 rings (SSSR count). The van der Waals surface area contributed by atoms with E-state index in [0.29, 0.717) is 18.4 Å². The summed E-state index contributed by atoms with van der Waals surface area (Å²) in [4.78, 5) is 11.6. The third kappa shape index (κ3) is 2.32. The van der Waals surface area contributed by atoms with E-state index in [1.165, 1.54) is 12.5 Å². The quantitative estimate of drug-likeness (QED) is 0.609. The third-order valence-electron chi connectivity index (χ3n) is 4.94. The predicted molar refractivity (Wildman–Crippen MR) is 69.5 cm³/mol. The minimum absolute atomic E-state index is 0.0521. The molecule has 0 aromatic heterocycles. The second-order valence-corrected chi connectivity index (χ2v) is 6.52. The fourth-order valence-electron chi connectivity index (χ4n) is 4.90. The van der Waals surface area contributed by atoms with E-state index < -0.39 is 0 Å². The SMILES string of the molecule is C=CC(=O)OC12CC3CC(CC(OCCO)(C3)C1)C2. The van der Waals surface area contributed by atoms with Gasteiger partial charge in [0.05, 0.1) is 18.8 Å². The van der Waals surface area contributed by atoms with E-state index in [0.717, 1.165) is 32.1 Å². The summed E-state index contributed by atoms with van der Waals surface area (Å²) in [6.07, 6.45) is 7.30. The first-order valence-electron chi connectivity index (χ1n) is 7.19. The molecule has 1 N–H and O–H groups in total. The molecule has 2 atom stereocenters. The van der Waals surface area contributed by atoms with Crippen molar-refractivity contribution in [1.82, 2.24) is 0 Å². The zero-order valence-electron chi connectivity index (χ0n) is 11.3. The molecular formula is C15H22O4. The zero-order chi connectivity index (χ0) is 13.5. The van der Waals surface area contributed by atoms with Gasteiger partial charge < -0.3 is 14.6 Å². The molecule has 0 saturated heterocycles. The number of rotatable bonds is 5. The second kappa shape index (κ2) is 4.60. The van der Waals surface area contributed by atoms with Crippen molar-refractivity contribution < 1.29 is 19.4 Å². The molecule has 4 nitrogen and oxygen atoms in total. The number of hydrogen-bond acceptors (Lipinski definition) is 4. The number of carbonyl (C=O) groups is 1. The van der Waals surface area contributed by atoms with Gasteiger partial charge in [-0.1, -0.05) is 6.58 Å². The molecule has 4 aliphatic carbocycles. The Kier molecular flexibility index (Phi) is 3.18. The maximum Gasteiger partial charge on any atom is 0.330 e. The van der Waals surface area contributed by atoms with Crippen LogP contribution in [0.2, 0.25) is 0 Å². The lowest BCUT2D eigenvalue weighted by molar-refractivity contribution is -0.232. The van der Waals surface area contributed by atoms with Crippen LogP contribution in [0.25, 0.3) is 0 Å². The van der Waals surface area contributed by atoms with E-state index in [1.54, 1.807) is 0 Å². The van der Waals surface area contributed by atoms with Crippen LogP contribution in [0.4, 0.5) is 0 Å². The molecule has 0 amide bonds. The van der Waals surface area contributed by atoms with Crippen molar-refractivity contribution in [2.24, 2.45) is 11.8 Å². The van der Waals surface area contributed by atoms with Crippen molar-refractivity contribution in [3.8, 4) is 0 Å². The molecular weight excluding hydrogens is 244 g/mol. The van der Waals surface area contributed by atoms with Gasteiger partial charge in [-0.25, -0.2) is 4.79 Å². The van der Waals surface area contributed by atoms with Crippen LogP contribution in [-0.4, -0.2) is 35.5 Å². The minimum atomic E-state index is -0.342. The van der Waals surface area contributed by atoms with Crippen LogP contribution in [0.1, 0.15) is 38.5 Å². The van der Waals surface area contributed by atoms with E-state index >= 15 is 0 Å². The van der Waals surface area contributed by atoms with Crippen molar-refractivity contribution in [3.63, 3.8) is 0 Å². The third-order valence-corrected chi connectivity index (χ3v) is 4.94. The Labute approximate surface area is 113 Å². The van der Waals surface area contributed by atoms with Crippen molar-refractivity contribution >= 4 is 5.97 Å². The Hall–Kier alpha value is -0.870. The van der Waals surface area contributed by atoms with Crippen molar-refractivity contribution in [2.75, 3.05) is 13.2 Å². The van der Waals surface area contributed by atoms with E-state index in [2.05, 4.69) is 6.58 Å². The Morgan fingerprint density at radius 1 is 1.26 bits per heavy atom. The fraction of sp³-hybridized carbons (Fsp3) is 0.800. The number of aliphatic hydroxyl groups is 1. The molecule has 0 heterocycles. The van der Waals surface area contributed by atoms with Gasteiger partial charge in [0.25, 0.3) is 0 Å². The largest absolute Gasteiger partial charge is 0.456 e. The Morgan fingerprint density at radius 3 is 2.47 bits per heavy atom. The molecule has 0 aromatic carbocycles. The van der Waals surface area contributed by atoms with E-state index in [1.807, 2.05) is 0 Å². The van der Waals surface area contributed by atoms with Gasteiger partial charge in [0, 0.05) is 12.5 Å². The molecule has 4 saturated carbocycles. The molecule has 0 aromatic rings. The van der Waals surface area contributed by atoms with Crippen LogP contribution >= 0.6 is 0 Å². The first-order chi connectivity index (χ1) is 9.09. The lowest BCUT2D eigenvalue weighted by atomic mass is 9.52. The van der Waals surface area contributed by atoms with Crippen LogP contribution in [0, 0.1) is 11.8 Å². The van der Waals surface area contributed by atoms with Gasteiger partial charge in [0.15, 0.2) is 0 Å². The van der Waals surface area contributed by atoms with Gasteiger partial charge in [-0.15, -0.1) is 0 Å². The van der Waals surface area contributed by atoms with Crippen LogP contribution in [0.5, 0.6) is 0 Å². The molecule has 106 valence electrons. The van der Waals surface area contributed by atoms with Crippen molar-refractivity contribution in [1.29, 1.82) is 0 Å². The summed E-state index contributed by atoms with van der Waals surface area (Å²) in [7, 11) is 0. The highest BCUT2D eigenvalue weighted by Gasteiger charge is 2.60. The Bertz CT molecular complexity index is 376. The average molecular weight is 266 g/mol. The molecule has 4 aliphatic rings. The number of ether oxygens (including phenoxy) is 2. The van der Waals surface area contributed by atoms with Gasteiger partial charge in [0.2, 0.25) is 0 Å². The molecule has 4 bridgehead atoms. The van der Waals surface area contributed by atoms with Gasteiger partial charge in [-0.3, -0.25) is 0 Å². The first-order valence-corrected chi connectivity index (χ1v) is 7.19. The minimum Gasteiger partial charge on any atom is -0.456 e. The van der Waals surface area contributed by atoms with Gasteiger partial charge in [-0.05, 0) is 43.9 Å². The van der Waals surface area contributed by atoms with Gasteiger partial charge in [0.1, 0.15) is 5.60 Å². The average Bonchev–Trinajstić information content (AvgIpc) is 2.34. The molecule has 4 heteroatoms. The zero-order valence-corrected chi connectivity index (χ0v) is 11.3. The summed E-state index contributed by atoms with van der Waals surface area (Å²) < 4.78 is 11.7. The lowest BCUT2D eigenvalue weighted by Gasteiger charge is -2.60. The molecule has 0 spiro atoms. The Balaban J connectivity index is 1.80. The maximum absolute atomic E-state index is 11.6. The number of esters is 1. The Morgan fingerprint density at radius 2 is 1.89 bits per heavy atom. The van der Waals surface area contributed by atoms with Crippen LogP contribution in [-0.2, 0) is 14.3 Å². The fourth-order valence-corrected chi connectivity index (χ4v) is 4.90. The standard InChI is InChI=1S/C15H22O4/c1-2-13(17)19-15-8-11-5-12(9-15)7-14(6-11,10-15)18-4-3-16/h2,11-12,16H,1,3-10H2. The van der Waals surface area contributed by atoms with Crippen molar-refractivity contribution in [3.05, 3.63) is 12.7 Å². The molecule has 19 heavy (non-hydrogen) atoms. The summed E-state index contributed by atoms with van der Waals surface area (Å²) >= 11 is 0. The summed E-state index contributed by atoms with van der Waals surface area (Å²) in [5.41, 5.74) is -0.515. The van der Waals surface area contributed by atoms with E-state index in [4.69, 9.17) is 14.6 Å². The van der Waals surface area contributed by atoms with Gasteiger partial charge >= 0.3 is 5.97 Å². The highest BCUT2D eigenvalue weighted by molar-refractivity contribution is 5.81. The topological polar surface area (TPSA) is 55.8 Å². The van der Waals surface area contributed by atoms with Crippen LogP contribution in [0.15, 0.2) is 12.7 Å². The maximum atomic E-state index is 11.6. The summed E-state index contributed by atoms with van der Waals surface area (Å²) in [6, 6.07) is 0. The number of aliphatic hydroxyl groups excluding tert-OH is 1. The monoisotopic (exact) mass is 266 g/mol. The van der Waals surface area contributed by atoms with Gasteiger partial charge in [-0.2, -0.15) is 0 Å². The van der Waals surface area contributed by atoms with Crippen molar-refractivity contribution in [2.45, 2.75) is 49.7 Å². The highest BCUT2D eigenvalue weighted by Crippen LogP contribution is 2.60. The normalized spacial score (nSPS) is 43.2. The summed E-state index contributed by atoms with van der Waals surface area (Å²) in [6.45, 7) is 3.92. The van der Waals surface area contributed by atoms with Crippen LogP contribution in [0.3, 0.4) is 0 Å². The molecule has 0 aliphatic heterocycles.